The SMILES string of the molecule is COC(CC(CN)Nc1cccc(C)c1)OC. The Morgan fingerprint density at radius 1 is 1.29 bits per heavy atom. The molecule has 0 fully saturated rings. The minimum absolute atomic E-state index is 0.140. The van der Waals surface area contributed by atoms with E-state index >= 15 is 0 Å². The highest BCUT2D eigenvalue weighted by Crippen LogP contribution is 2.13. The number of hydrogen-bond donors (Lipinski definition) is 2. The Labute approximate surface area is 103 Å². The molecule has 0 aliphatic rings. The van der Waals surface area contributed by atoms with Crippen LogP contribution in [0.5, 0.6) is 0 Å². The second-order valence-electron chi connectivity index (χ2n) is 4.08. The van der Waals surface area contributed by atoms with E-state index in [1.54, 1.807) is 14.2 Å². The average molecular weight is 238 g/mol. The van der Waals surface area contributed by atoms with Crippen LogP contribution in [-0.4, -0.2) is 33.1 Å². The fourth-order valence-corrected chi connectivity index (χ4v) is 1.71. The first-order chi connectivity index (χ1) is 8.19. The topological polar surface area (TPSA) is 56.5 Å². The number of benzene rings is 1. The number of aryl methyl sites for hydroxylation is 1. The van der Waals surface area contributed by atoms with Crippen molar-refractivity contribution in [3.05, 3.63) is 29.8 Å². The second-order valence-corrected chi connectivity index (χ2v) is 4.08. The van der Waals surface area contributed by atoms with Crippen molar-refractivity contribution in [3.63, 3.8) is 0 Å². The molecule has 96 valence electrons. The van der Waals surface area contributed by atoms with Crippen LogP contribution < -0.4 is 11.1 Å². The van der Waals surface area contributed by atoms with Crippen molar-refractivity contribution in [2.45, 2.75) is 25.7 Å². The zero-order chi connectivity index (χ0) is 12.7. The molecule has 1 rings (SSSR count). The van der Waals surface area contributed by atoms with E-state index in [0.29, 0.717) is 6.54 Å². The molecule has 1 aromatic rings. The predicted octanol–water partition coefficient (Wildman–Crippen LogP) is 1.74. The number of anilines is 1. The third-order valence-corrected chi connectivity index (χ3v) is 2.68. The van der Waals surface area contributed by atoms with Crippen molar-refractivity contribution in [1.29, 1.82) is 0 Å². The van der Waals surface area contributed by atoms with Crippen LogP contribution in [0.3, 0.4) is 0 Å². The minimum Gasteiger partial charge on any atom is -0.381 e. The van der Waals surface area contributed by atoms with Gasteiger partial charge in [-0.25, -0.2) is 0 Å². The molecule has 0 radical (unpaired) electrons. The van der Waals surface area contributed by atoms with Crippen LogP contribution in [0.15, 0.2) is 24.3 Å². The lowest BCUT2D eigenvalue weighted by Crippen LogP contribution is -2.34. The zero-order valence-corrected chi connectivity index (χ0v) is 10.8. The van der Waals surface area contributed by atoms with E-state index in [1.165, 1.54) is 5.56 Å². The van der Waals surface area contributed by atoms with E-state index in [9.17, 15) is 0 Å². The Morgan fingerprint density at radius 3 is 2.53 bits per heavy atom. The molecule has 0 bridgehead atoms. The molecule has 4 heteroatoms. The summed E-state index contributed by atoms with van der Waals surface area (Å²) in [5, 5.41) is 3.38. The average Bonchev–Trinajstić information content (AvgIpc) is 2.34. The van der Waals surface area contributed by atoms with Gasteiger partial charge in [0.15, 0.2) is 6.29 Å². The highest BCUT2D eigenvalue weighted by Gasteiger charge is 2.14. The lowest BCUT2D eigenvalue weighted by molar-refractivity contribution is -0.107. The van der Waals surface area contributed by atoms with Crippen molar-refractivity contribution in [3.8, 4) is 0 Å². The molecular weight excluding hydrogens is 216 g/mol. The molecule has 0 heterocycles. The van der Waals surface area contributed by atoms with Gasteiger partial charge in [-0.05, 0) is 24.6 Å². The molecule has 1 unspecified atom stereocenters. The molecule has 3 N–H and O–H groups in total. The molecular formula is C13H22N2O2. The fourth-order valence-electron chi connectivity index (χ4n) is 1.71. The van der Waals surface area contributed by atoms with Crippen LogP contribution in [0.25, 0.3) is 0 Å². The number of hydrogen-bond acceptors (Lipinski definition) is 4. The van der Waals surface area contributed by atoms with Crippen LogP contribution in [-0.2, 0) is 9.47 Å². The van der Waals surface area contributed by atoms with Crippen molar-refractivity contribution in [2.24, 2.45) is 5.73 Å². The molecule has 0 spiro atoms. The summed E-state index contributed by atoms with van der Waals surface area (Å²) in [5.74, 6) is 0. The Kier molecular flexibility index (Phi) is 5.97. The lowest BCUT2D eigenvalue weighted by Gasteiger charge is -2.22. The smallest absolute Gasteiger partial charge is 0.158 e. The van der Waals surface area contributed by atoms with E-state index in [2.05, 4.69) is 24.4 Å². The summed E-state index contributed by atoms with van der Waals surface area (Å²) >= 11 is 0. The van der Waals surface area contributed by atoms with Gasteiger partial charge in [0.2, 0.25) is 0 Å². The molecule has 1 aromatic carbocycles. The minimum atomic E-state index is -0.221. The summed E-state index contributed by atoms with van der Waals surface area (Å²) < 4.78 is 10.4. The van der Waals surface area contributed by atoms with E-state index in [1.807, 2.05) is 12.1 Å². The summed E-state index contributed by atoms with van der Waals surface area (Å²) in [5.41, 5.74) is 8.04. The van der Waals surface area contributed by atoms with Crippen LogP contribution in [0, 0.1) is 6.92 Å². The van der Waals surface area contributed by atoms with Crippen molar-refractivity contribution >= 4 is 5.69 Å². The number of ether oxygens (including phenoxy) is 2. The molecule has 4 nitrogen and oxygen atoms in total. The van der Waals surface area contributed by atoms with Gasteiger partial charge < -0.3 is 20.5 Å². The van der Waals surface area contributed by atoms with E-state index < -0.39 is 0 Å². The molecule has 0 aromatic heterocycles. The first-order valence-electron chi connectivity index (χ1n) is 5.78. The largest absolute Gasteiger partial charge is 0.381 e. The number of nitrogens with one attached hydrogen (secondary N) is 1. The maximum Gasteiger partial charge on any atom is 0.158 e. The monoisotopic (exact) mass is 238 g/mol. The lowest BCUT2D eigenvalue weighted by atomic mass is 10.1. The van der Waals surface area contributed by atoms with Gasteiger partial charge in [0.1, 0.15) is 0 Å². The molecule has 0 amide bonds. The summed E-state index contributed by atoms with van der Waals surface area (Å²) in [6.45, 7) is 2.60. The van der Waals surface area contributed by atoms with E-state index in [-0.39, 0.29) is 12.3 Å². The normalized spacial score (nSPS) is 12.8. The van der Waals surface area contributed by atoms with Gasteiger partial charge in [0.25, 0.3) is 0 Å². The Bertz CT molecular complexity index is 327. The van der Waals surface area contributed by atoms with Gasteiger partial charge in [-0.1, -0.05) is 12.1 Å². The number of rotatable bonds is 7. The third kappa shape index (κ3) is 4.73. The van der Waals surface area contributed by atoms with Crippen molar-refractivity contribution in [2.75, 3.05) is 26.1 Å². The highest BCUT2D eigenvalue weighted by atomic mass is 16.7. The molecule has 1 atom stereocenters. The van der Waals surface area contributed by atoms with Crippen LogP contribution >= 0.6 is 0 Å². The first-order valence-corrected chi connectivity index (χ1v) is 5.78. The molecule has 0 saturated carbocycles. The van der Waals surface area contributed by atoms with Gasteiger partial charge >= 0.3 is 0 Å². The Morgan fingerprint density at radius 2 is 2.00 bits per heavy atom. The molecule has 0 aliphatic heterocycles. The number of nitrogens with two attached hydrogens (primary N) is 1. The maximum absolute atomic E-state index is 5.74. The van der Waals surface area contributed by atoms with E-state index in [4.69, 9.17) is 15.2 Å². The Hall–Kier alpha value is -1.10. The predicted molar refractivity (Wildman–Crippen MR) is 70.1 cm³/mol. The Balaban J connectivity index is 2.57. The van der Waals surface area contributed by atoms with Crippen LogP contribution in [0.2, 0.25) is 0 Å². The molecule has 0 saturated heterocycles. The van der Waals surface area contributed by atoms with Gasteiger partial charge in [0.05, 0.1) is 0 Å². The standard InChI is InChI=1S/C13H22N2O2/c1-10-5-4-6-11(7-10)15-12(9-14)8-13(16-2)17-3/h4-7,12-13,15H,8-9,14H2,1-3H3. The maximum atomic E-state index is 5.74. The summed E-state index contributed by atoms with van der Waals surface area (Å²) in [6.07, 6.45) is 0.498. The molecule has 0 aliphatic carbocycles. The highest BCUT2D eigenvalue weighted by molar-refractivity contribution is 5.46. The fraction of sp³-hybridized carbons (Fsp3) is 0.538. The van der Waals surface area contributed by atoms with Gasteiger partial charge in [-0.3, -0.25) is 0 Å². The first kappa shape index (κ1) is 14.0. The van der Waals surface area contributed by atoms with Gasteiger partial charge in [0, 0.05) is 38.9 Å². The summed E-state index contributed by atoms with van der Waals surface area (Å²) in [7, 11) is 3.27. The van der Waals surface area contributed by atoms with Crippen molar-refractivity contribution < 1.29 is 9.47 Å². The van der Waals surface area contributed by atoms with Gasteiger partial charge in [-0.15, -0.1) is 0 Å². The second kappa shape index (κ2) is 7.27. The third-order valence-electron chi connectivity index (χ3n) is 2.68. The van der Waals surface area contributed by atoms with Crippen LogP contribution in [0.4, 0.5) is 5.69 Å². The summed E-state index contributed by atoms with van der Waals surface area (Å²) in [6, 6.07) is 8.36. The van der Waals surface area contributed by atoms with E-state index in [0.717, 1.165) is 12.1 Å². The zero-order valence-electron chi connectivity index (χ0n) is 10.8. The molecule has 17 heavy (non-hydrogen) atoms. The van der Waals surface area contributed by atoms with Gasteiger partial charge in [-0.2, -0.15) is 0 Å². The number of methoxy groups -OCH3 is 2. The quantitative estimate of drug-likeness (QED) is 0.710. The van der Waals surface area contributed by atoms with Crippen molar-refractivity contribution in [1.82, 2.24) is 0 Å². The van der Waals surface area contributed by atoms with Crippen LogP contribution in [0.1, 0.15) is 12.0 Å². The summed E-state index contributed by atoms with van der Waals surface area (Å²) in [4.78, 5) is 0.